The molecule has 8 rings (SSSR count). The lowest BCUT2D eigenvalue weighted by atomic mass is 9.75. The van der Waals surface area contributed by atoms with Crippen molar-refractivity contribution in [3.63, 3.8) is 0 Å². The zero-order chi connectivity index (χ0) is 20.8. The van der Waals surface area contributed by atoms with E-state index in [-0.39, 0.29) is 18.3 Å². The molecule has 2 aromatic carbocycles. The van der Waals surface area contributed by atoms with E-state index in [2.05, 4.69) is 22.3 Å². The molecule has 6 nitrogen and oxygen atoms in total. The van der Waals surface area contributed by atoms with Crippen molar-refractivity contribution in [1.82, 2.24) is 10.2 Å². The lowest BCUT2D eigenvalue weighted by Crippen LogP contribution is -2.41. The minimum atomic E-state index is -0.319. The maximum Gasteiger partial charge on any atom is 0.494 e. The molecule has 2 N–H and O–H groups in total. The third-order valence-electron chi connectivity index (χ3n) is 8.11. The van der Waals surface area contributed by atoms with E-state index >= 15 is 0 Å². The summed E-state index contributed by atoms with van der Waals surface area (Å²) < 4.78 is 19.1. The van der Waals surface area contributed by atoms with E-state index in [1.54, 1.807) is 13.3 Å². The number of fused-ring (bicyclic) bond motifs is 1. The second-order valence-corrected chi connectivity index (χ2v) is 9.83. The number of nitrogens with zero attached hydrogens (tertiary/aromatic N) is 2. The molecular weight excluding hydrogens is 389 g/mol. The van der Waals surface area contributed by atoms with Crippen molar-refractivity contribution in [3.8, 4) is 16.9 Å². The predicted octanol–water partition coefficient (Wildman–Crippen LogP) is 3.33. The van der Waals surface area contributed by atoms with E-state index in [1.165, 1.54) is 6.42 Å². The number of hydrogen-bond donors (Lipinski definition) is 1. The second-order valence-electron chi connectivity index (χ2n) is 9.83. The molecule has 3 aromatic rings. The molecule has 4 bridgehead atoms. The first-order chi connectivity index (χ1) is 15.1. The highest BCUT2D eigenvalue weighted by Gasteiger charge is 2.73. The standard InChI is InChI=1S/C24H24BN3O3/c1-29-22-5-3-17(8-19(22)16-2-4-18-20(26)13-27-28-21(18)7-16)25-30-23-9-14-6-15(11-23)12-24(23,10-14)31-25/h2-5,7-8,13-15H,6,9-12H2,1H3,(H2,26,28). The van der Waals surface area contributed by atoms with Gasteiger partial charge in [-0.2, -0.15) is 10.2 Å². The van der Waals surface area contributed by atoms with Crippen LogP contribution >= 0.6 is 0 Å². The smallest absolute Gasteiger partial charge is 0.494 e. The molecule has 31 heavy (non-hydrogen) atoms. The second kappa shape index (κ2) is 5.99. The Morgan fingerprint density at radius 3 is 2.48 bits per heavy atom. The van der Waals surface area contributed by atoms with Crippen LogP contribution in [0.3, 0.4) is 0 Å². The molecule has 5 fully saturated rings. The highest BCUT2D eigenvalue weighted by atomic mass is 16.7. The van der Waals surface area contributed by atoms with Gasteiger partial charge >= 0.3 is 7.12 Å². The molecule has 7 heteroatoms. The summed E-state index contributed by atoms with van der Waals surface area (Å²) in [5.74, 6) is 2.37. The van der Waals surface area contributed by atoms with E-state index in [1.807, 2.05) is 24.3 Å². The molecule has 4 saturated carbocycles. The van der Waals surface area contributed by atoms with Gasteiger partial charge in [0.15, 0.2) is 0 Å². The van der Waals surface area contributed by atoms with Crippen molar-refractivity contribution in [2.75, 3.05) is 12.8 Å². The number of ether oxygens (including phenoxy) is 1. The molecule has 5 aliphatic rings. The molecule has 0 atom stereocenters. The number of nitrogen functional groups attached to an aromatic ring is 1. The minimum Gasteiger partial charge on any atom is -0.496 e. The molecule has 1 saturated heterocycles. The Morgan fingerprint density at radius 2 is 1.77 bits per heavy atom. The molecule has 2 heterocycles. The van der Waals surface area contributed by atoms with Gasteiger partial charge in [-0.05, 0) is 73.2 Å². The third kappa shape index (κ3) is 2.36. The number of aromatic nitrogens is 2. The molecule has 0 radical (unpaired) electrons. The van der Waals surface area contributed by atoms with Crippen LogP contribution in [0.1, 0.15) is 32.1 Å². The minimum absolute atomic E-state index is 0.0680. The van der Waals surface area contributed by atoms with Crippen LogP contribution in [0.5, 0.6) is 5.75 Å². The number of benzene rings is 2. The van der Waals surface area contributed by atoms with Crippen molar-refractivity contribution in [3.05, 3.63) is 42.6 Å². The third-order valence-corrected chi connectivity index (χ3v) is 8.11. The van der Waals surface area contributed by atoms with Gasteiger partial charge in [0.2, 0.25) is 0 Å². The Hall–Kier alpha value is -2.64. The fourth-order valence-electron chi connectivity index (χ4n) is 7.05. The monoisotopic (exact) mass is 413 g/mol. The SMILES string of the molecule is COc1ccc(B2OC34CC5CC(C3)CC4(C5)O2)cc1-c1ccc2c(N)cnnc2c1. The average Bonchev–Trinajstić information content (AvgIpc) is 3.23. The molecule has 0 unspecified atom stereocenters. The maximum atomic E-state index is 6.72. The zero-order valence-corrected chi connectivity index (χ0v) is 17.5. The fraction of sp³-hybridized carbons (Fsp3) is 0.417. The summed E-state index contributed by atoms with van der Waals surface area (Å²) in [6, 6.07) is 12.2. The van der Waals surface area contributed by atoms with Gasteiger partial charge in [-0.1, -0.05) is 18.2 Å². The topological polar surface area (TPSA) is 79.5 Å². The first kappa shape index (κ1) is 18.0. The van der Waals surface area contributed by atoms with Crippen molar-refractivity contribution in [1.29, 1.82) is 0 Å². The summed E-state index contributed by atoms with van der Waals surface area (Å²) in [5, 5.41) is 9.14. The Labute approximate surface area is 181 Å². The summed E-state index contributed by atoms with van der Waals surface area (Å²) >= 11 is 0. The van der Waals surface area contributed by atoms with Crippen LogP contribution in [0.15, 0.2) is 42.6 Å². The largest absolute Gasteiger partial charge is 0.496 e. The van der Waals surface area contributed by atoms with Gasteiger partial charge in [0.1, 0.15) is 5.75 Å². The molecule has 1 aliphatic heterocycles. The van der Waals surface area contributed by atoms with E-state index in [0.717, 1.165) is 70.8 Å². The molecule has 0 amide bonds. The number of methoxy groups -OCH3 is 1. The van der Waals surface area contributed by atoms with Crippen LogP contribution in [-0.4, -0.2) is 35.6 Å². The predicted molar refractivity (Wildman–Crippen MR) is 119 cm³/mol. The summed E-state index contributed by atoms with van der Waals surface area (Å²) in [7, 11) is 1.37. The Balaban J connectivity index is 1.28. The molecular formula is C24H24BN3O3. The van der Waals surface area contributed by atoms with Crippen LogP contribution in [-0.2, 0) is 9.31 Å². The van der Waals surface area contributed by atoms with Crippen molar-refractivity contribution in [2.45, 2.75) is 43.3 Å². The summed E-state index contributed by atoms with van der Waals surface area (Å²) in [6.07, 6.45) is 7.58. The Bertz CT molecular complexity index is 1190. The van der Waals surface area contributed by atoms with Crippen molar-refractivity contribution in [2.24, 2.45) is 11.8 Å². The van der Waals surface area contributed by atoms with E-state index in [4.69, 9.17) is 19.8 Å². The first-order valence-electron chi connectivity index (χ1n) is 11.1. The van der Waals surface area contributed by atoms with Crippen LogP contribution < -0.4 is 15.9 Å². The van der Waals surface area contributed by atoms with Gasteiger partial charge in [-0.25, -0.2) is 0 Å². The van der Waals surface area contributed by atoms with Crippen LogP contribution in [0.2, 0.25) is 0 Å². The zero-order valence-electron chi connectivity index (χ0n) is 17.5. The number of hydrogen-bond acceptors (Lipinski definition) is 6. The van der Waals surface area contributed by atoms with Crippen LogP contribution in [0.25, 0.3) is 22.0 Å². The number of anilines is 1. The Morgan fingerprint density at radius 1 is 1.03 bits per heavy atom. The summed E-state index contributed by atoms with van der Waals surface area (Å²) in [4.78, 5) is 0. The van der Waals surface area contributed by atoms with Crippen LogP contribution in [0, 0.1) is 11.8 Å². The average molecular weight is 413 g/mol. The quantitative estimate of drug-likeness (QED) is 0.664. The van der Waals surface area contributed by atoms with E-state index in [9.17, 15) is 0 Å². The molecule has 2 spiro atoms. The highest BCUT2D eigenvalue weighted by molar-refractivity contribution is 6.62. The molecule has 1 aromatic heterocycles. The summed E-state index contributed by atoms with van der Waals surface area (Å²) in [5.41, 5.74) is 10.3. The number of rotatable bonds is 3. The van der Waals surface area contributed by atoms with Crippen molar-refractivity contribution < 1.29 is 14.0 Å². The van der Waals surface area contributed by atoms with E-state index in [0.29, 0.717) is 5.69 Å². The summed E-state index contributed by atoms with van der Waals surface area (Å²) in [6.45, 7) is 0. The number of nitrogens with two attached hydrogens (primary N) is 1. The first-order valence-corrected chi connectivity index (χ1v) is 11.1. The van der Waals surface area contributed by atoms with Crippen LogP contribution in [0.4, 0.5) is 5.69 Å². The Kier molecular flexibility index (Phi) is 3.47. The molecule has 156 valence electrons. The van der Waals surface area contributed by atoms with Crippen molar-refractivity contribution >= 4 is 29.2 Å². The lowest BCUT2D eigenvalue weighted by molar-refractivity contribution is 0.00578. The lowest BCUT2D eigenvalue weighted by Gasteiger charge is -2.31. The van der Waals surface area contributed by atoms with Gasteiger partial charge in [0.25, 0.3) is 0 Å². The van der Waals surface area contributed by atoms with Gasteiger partial charge in [0, 0.05) is 10.9 Å². The van der Waals surface area contributed by atoms with Gasteiger partial charge in [0.05, 0.1) is 35.7 Å². The maximum absolute atomic E-state index is 6.72. The van der Waals surface area contributed by atoms with E-state index < -0.39 is 0 Å². The molecule has 4 aliphatic carbocycles. The highest BCUT2D eigenvalue weighted by Crippen LogP contribution is 2.68. The van der Waals surface area contributed by atoms with Gasteiger partial charge < -0.3 is 19.8 Å². The fourth-order valence-corrected chi connectivity index (χ4v) is 7.05. The van der Waals surface area contributed by atoms with Gasteiger partial charge in [-0.15, -0.1) is 0 Å². The normalized spacial score (nSPS) is 32.7. The van der Waals surface area contributed by atoms with Gasteiger partial charge in [-0.3, -0.25) is 0 Å².